The molecule has 8 nitrogen and oxygen atoms in total. The Morgan fingerprint density at radius 2 is 1.47 bits per heavy atom. The summed E-state index contributed by atoms with van der Waals surface area (Å²) in [6.45, 7) is 5.86. The number of carbonyl (C=O) groups excluding carboxylic acids is 2. The number of nitrogens with one attached hydrogen (secondary N) is 1. The normalized spacial score (nSPS) is 11.8. The third-order valence-electron chi connectivity index (χ3n) is 7.52. The summed E-state index contributed by atoms with van der Waals surface area (Å²) in [7, 11) is -2.70. The summed E-state index contributed by atoms with van der Waals surface area (Å²) >= 11 is 0. The molecular formula is C36H41N3O5S. The molecule has 4 aromatic rings. The Morgan fingerprint density at radius 1 is 0.822 bits per heavy atom. The van der Waals surface area contributed by atoms with Gasteiger partial charge in [-0.15, -0.1) is 0 Å². The first-order chi connectivity index (χ1) is 21.6. The molecule has 0 saturated carbocycles. The monoisotopic (exact) mass is 627 g/mol. The highest BCUT2D eigenvalue weighted by Crippen LogP contribution is 2.28. The van der Waals surface area contributed by atoms with Gasteiger partial charge in [0.2, 0.25) is 11.8 Å². The second kappa shape index (κ2) is 15.4. The Hall–Kier alpha value is -4.63. The lowest BCUT2D eigenvalue weighted by molar-refractivity contribution is -0.140. The van der Waals surface area contributed by atoms with Crippen LogP contribution in [0, 0.1) is 13.8 Å². The van der Waals surface area contributed by atoms with Gasteiger partial charge in [0, 0.05) is 25.6 Å². The molecule has 0 spiro atoms. The van der Waals surface area contributed by atoms with E-state index in [9.17, 15) is 18.0 Å². The number of nitrogens with zero attached hydrogens (tertiary/aromatic N) is 2. The molecule has 0 aliphatic rings. The molecule has 0 saturated heterocycles. The van der Waals surface area contributed by atoms with E-state index in [4.69, 9.17) is 4.74 Å². The van der Waals surface area contributed by atoms with Crippen LogP contribution in [-0.2, 0) is 32.6 Å². The predicted octanol–water partition coefficient (Wildman–Crippen LogP) is 5.67. The predicted molar refractivity (Wildman–Crippen MR) is 178 cm³/mol. The highest BCUT2D eigenvalue weighted by molar-refractivity contribution is 7.92. The van der Waals surface area contributed by atoms with Crippen LogP contribution in [-0.4, -0.2) is 51.4 Å². The minimum atomic E-state index is -4.19. The van der Waals surface area contributed by atoms with Crippen molar-refractivity contribution in [3.63, 3.8) is 0 Å². The molecule has 9 heteroatoms. The summed E-state index contributed by atoms with van der Waals surface area (Å²) in [5.74, 6) is -0.362. The second-order valence-electron chi connectivity index (χ2n) is 11.0. The number of benzene rings is 4. The van der Waals surface area contributed by atoms with Gasteiger partial charge in [0.25, 0.3) is 10.0 Å². The molecule has 0 radical (unpaired) electrons. The zero-order valence-corrected chi connectivity index (χ0v) is 27.1. The lowest BCUT2D eigenvalue weighted by Crippen LogP contribution is -2.53. The van der Waals surface area contributed by atoms with Gasteiger partial charge in [-0.05, 0) is 55.7 Å². The lowest BCUT2D eigenvalue weighted by Gasteiger charge is -2.34. The van der Waals surface area contributed by atoms with Gasteiger partial charge in [0.15, 0.2) is 0 Å². The fraction of sp³-hybridized carbons (Fsp3) is 0.278. The van der Waals surface area contributed by atoms with Crippen molar-refractivity contribution in [2.75, 3.05) is 24.5 Å². The van der Waals surface area contributed by atoms with Gasteiger partial charge in [-0.2, -0.15) is 0 Å². The Kier molecular flexibility index (Phi) is 11.4. The highest BCUT2D eigenvalue weighted by atomic mass is 32.2. The third-order valence-corrected chi connectivity index (χ3v) is 9.31. The number of methoxy groups -OCH3 is 1. The van der Waals surface area contributed by atoms with Gasteiger partial charge in [-0.25, -0.2) is 8.42 Å². The molecule has 0 unspecified atom stereocenters. The van der Waals surface area contributed by atoms with Crippen molar-refractivity contribution in [3.8, 4) is 5.75 Å². The molecule has 236 valence electrons. The van der Waals surface area contributed by atoms with Crippen molar-refractivity contribution in [3.05, 3.63) is 125 Å². The van der Waals surface area contributed by atoms with Crippen LogP contribution < -0.4 is 14.4 Å². The maximum absolute atomic E-state index is 14.5. The molecule has 1 atom stereocenters. The molecule has 0 aliphatic heterocycles. The quantitative estimate of drug-likeness (QED) is 0.194. The summed E-state index contributed by atoms with van der Waals surface area (Å²) < 4.78 is 34.8. The summed E-state index contributed by atoms with van der Waals surface area (Å²) in [4.78, 5) is 29.8. The fourth-order valence-corrected chi connectivity index (χ4v) is 6.35. The molecule has 45 heavy (non-hydrogen) atoms. The van der Waals surface area contributed by atoms with E-state index < -0.39 is 28.5 Å². The zero-order chi connectivity index (χ0) is 32.4. The van der Waals surface area contributed by atoms with Gasteiger partial charge < -0.3 is 15.0 Å². The average Bonchev–Trinajstić information content (AvgIpc) is 3.05. The van der Waals surface area contributed by atoms with Crippen molar-refractivity contribution >= 4 is 27.5 Å². The third kappa shape index (κ3) is 8.73. The minimum absolute atomic E-state index is 0.0512. The van der Waals surface area contributed by atoms with Crippen LogP contribution in [0.5, 0.6) is 5.75 Å². The minimum Gasteiger partial charge on any atom is -0.497 e. The Balaban J connectivity index is 1.80. The van der Waals surface area contributed by atoms with Crippen LogP contribution in [0.1, 0.15) is 35.6 Å². The van der Waals surface area contributed by atoms with Crippen LogP contribution in [0.25, 0.3) is 0 Å². The first-order valence-corrected chi connectivity index (χ1v) is 16.5. The molecule has 0 heterocycles. The standard InChI is InChI=1S/C36H41N3O5S/c1-5-22-37-36(41)34(23-29-10-7-6-8-11-29)38(25-30-18-14-27(2)15-19-30)35(40)26-39(31-12-9-13-32(24-31)44-4)45(42,43)33-20-16-28(3)17-21-33/h6-21,24,34H,5,22-23,25-26H2,1-4H3,(H,37,41)/t34-/m1/s1. The molecule has 4 rings (SSSR count). The van der Waals surface area contributed by atoms with E-state index >= 15 is 0 Å². The number of hydrogen-bond donors (Lipinski definition) is 1. The summed E-state index contributed by atoms with van der Waals surface area (Å²) in [6.07, 6.45) is 0.992. The molecule has 1 N–H and O–H groups in total. The van der Waals surface area contributed by atoms with E-state index in [1.54, 1.807) is 36.4 Å². The Bertz CT molecular complexity index is 1670. The number of hydrogen-bond acceptors (Lipinski definition) is 5. The zero-order valence-electron chi connectivity index (χ0n) is 26.3. The van der Waals surface area contributed by atoms with Gasteiger partial charge in [0.1, 0.15) is 18.3 Å². The van der Waals surface area contributed by atoms with E-state index in [-0.39, 0.29) is 29.5 Å². The number of amides is 2. The van der Waals surface area contributed by atoms with Gasteiger partial charge in [0.05, 0.1) is 17.7 Å². The summed E-state index contributed by atoms with van der Waals surface area (Å²) in [5, 5.41) is 2.96. The van der Waals surface area contributed by atoms with E-state index in [0.29, 0.717) is 12.3 Å². The smallest absolute Gasteiger partial charge is 0.264 e. The molecular weight excluding hydrogens is 586 g/mol. The maximum atomic E-state index is 14.5. The number of anilines is 1. The first-order valence-electron chi connectivity index (χ1n) is 15.0. The SMILES string of the molecule is CCCNC(=O)[C@@H](Cc1ccccc1)N(Cc1ccc(C)cc1)C(=O)CN(c1cccc(OC)c1)S(=O)(=O)c1ccc(C)cc1. The number of rotatable bonds is 14. The molecule has 0 aromatic heterocycles. The van der Waals surface area contributed by atoms with Crippen LogP contribution >= 0.6 is 0 Å². The van der Waals surface area contributed by atoms with Crippen LogP contribution in [0.3, 0.4) is 0 Å². The summed E-state index contributed by atoms with van der Waals surface area (Å²) in [6, 6.07) is 29.4. The molecule has 0 aliphatic carbocycles. The van der Waals surface area contributed by atoms with Gasteiger partial charge >= 0.3 is 0 Å². The van der Waals surface area contributed by atoms with Crippen molar-refractivity contribution in [1.29, 1.82) is 0 Å². The lowest BCUT2D eigenvalue weighted by atomic mass is 10.0. The van der Waals surface area contributed by atoms with Crippen LogP contribution in [0.4, 0.5) is 5.69 Å². The highest BCUT2D eigenvalue weighted by Gasteiger charge is 2.34. The van der Waals surface area contributed by atoms with Crippen LogP contribution in [0.15, 0.2) is 108 Å². The molecule has 4 aromatic carbocycles. The number of ether oxygens (including phenoxy) is 1. The summed E-state index contributed by atoms with van der Waals surface area (Å²) in [5.41, 5.74) is 3.95. The number of sulfonamides is 1. The maximum Gasteiger partial charge on any atom is 0.264 e. The fourth-order valence-electron chi connectivity index (χ4n) is 4.94. The first kappa shape index (κ1) is 33.3. The Morgan fingerprint density at radius 3 is 2.09 bits per heavy atom. The Labute approximate surface area is 266 Å². The van der Waals surface area contributed by atoms with Gasteiger partial charge in [-0.3, -0.25) is 13.9 Å². The van der Waals surface area contributed by atoms with Crippen LogP contribution in [0.2, 0.25) is 0 Å². The van der Waals surface area contributed by atoms with Crippen molar-refractivity contribution in [1.82, 2.24) is 10.2 Å². The van der Waals surface area contributed by atoms with Crippen molar-refractivity contribution in [2.45, 2.75) is 51.1 Å². The van der Waals surface area contributed by atoms with E-state index in [0.717, 1.165) is 33.0 Å². The number of aryl methyl sites for hydroxylation is 2. The number of carbonyl (C=O) groups is 2. The van der Waals surface area contributed by atoms with Gasteiger partial charge in [-0.1, -0.05) is 90.8 Å². The molecule has 2 amide bonds. The van der Waals surface area contributed by atoms with Crippen molar-refractivity contribution < 1.29 is 22.7 Å². The second-order valence-corrected chi connectivity index (χ2v) is 12.9. The largest absolute Gasteiger partial charge is 0.497 e. The van der Waals surface area contributed by atoms with E-state index in [1.165, 1.54) is 24.1 Å². The van der Waals surface area contributed by atoms with Crippen molar-refractivity contribution in [2.24, 2.45) is 0 Å². The van der Waals surface area contributed by atoms with E-state index in [1.807, 2.05) is 75.4 Å². The van der Waals surface area contributed by atoms with E-state index in [2.05, 4.69) is 5.32 Å². The average molecular weight is 628 g/mol. The molecule has 0 bridgehead atoms. The molecule has 0 fully saturated rings. The topological polar surface area (TPSA) is 96.0 Å².